The summed E-state index contributed by atoms with van der Waals surface area (Å²) >= 11 is 0. The number of para-hydroxylation sites is 1. The van der Waals surface area contributed by atoms with Gasteiger partial charge in [0, 0.05) is 50.8 Å². The summed E-state index contributed by atoms with van der Waals surface area (Å²) in [5, 5.41) is 3.00. The van der Waals surface area contributed by atoms with Gasteiger partial charge >= 0.3 is 6.03 Å². The van der Waals surface area contributed by atoms with Crippen LogP contribution in [0.5, 0.6) is 0 Å². The van der Waals surface area contributed by atoms with Crippen LogP contribution >= 0.6 is 0 Å². The fourth-order valence-corrected chi connectivity index (χ4v) is 3.00. The predicted octanol–water partition coefficient (Wildman–Crippen LogP) is 2.63. The van der Waals surface area contributed by atoms with Crippen LogP contribution in [0.2, 0.25) is 0 Å². The molecule has 1 aliphatic heterocycles. The summed E-state index contributed by atoms with van der Waals surface area (Å²) in [5.41, 5.74) is 3.37. The molecule has 1 atom stereocenters. The maximum absolute atomic E-state index is 12.6. The molecule has 1 aromatic carbocycles. The fourth-order valence-electron chi connectivity index (χ4n) is 3.00. The van der Waals surface area contributed by atoms with Crippen molar-refractivity contribution in [2.45, 2.75) is 26.1 Å². The Kier molecular flexibility index (Phi) is 4.46. The second-order valence-electron chi connectivity index (χ2n) is 6.01. The maximum atomic E-state index is 12.6. The largest absolute Gasteiger partial charge is 0.372 e. The highest BCUT2D eigenvalue weighted by molar-refractivity contribution is 5.75. The molecular weight excluding hydrogens is 288 g/mol. The molecule has 0 aliphatic carbocycles. The van der Waals surface area contributed by atoms with Gasteiger partial charge in [0.1, 0.15) is 0 Å². The smallest absolute Gasteiger partial charge is 0.318 e. The van der Waals surface area contributed by atoms with Gasteiger partial charge < -0.3 is 15.1 Å². The van der Waals surface area contributed by atoms with E-state index >= 15 is 0 Å². The van der Waals surface area contributed by atoms with Crippen molar-refractivity contribution in [3.05, 3.63) is 59.9 Å². The highest BCUT2D eigenvalue weighted by Gasteiger charge is 2.26. The van der Waals surface area contributed by atoms with Crippen molar-refractivity contribution in [2.75, 3.05) is 18.5 Å². The van der Waals surface area contributed by atoms with Gasteiger partial charge in [-0.2, -0.15) is 0 Å². The number of carbonyl (C=O) groups is 1. The molecule has 1 aliphatic rings. The Hall–Kier alpha value is -2.56. The Bertz CT molecular complexity index is 674. The number of hydrogen-bond donors (Lipinski definition) is 1. The number of nitrogens with one attached hydrogen (secondary N) is 1. The summed E-state index contributed by atoms with van der Waals surface area (Å²) in [6.07, 6.45) is 3.50. The first-order valence-corrected chi connectivity index (χ1v) is 7.87. The number of carbonyl (C=O) groups excluding carboxylic acids is 1. The van der Waals surface area contributed by atoms with Crippen molar-refractivity contribution < 1.29 is 4.79 Å². The van der Waals surface area contributed by atoms with E-state index in [0.29, 0.717) is 13.1 Å². The third-order valence-electron chi connectivity index (χ3n) is 4.24. The standard InChI is InChI=1S/C18H22N4O/c1-14-12-21(2)17-8-4-3-7-16(17)13-22(14)18(23)20-11-15-6-5-9-19-10-15/h3-10,14H,11-13H2,1-2H3,(H,20,23). The highest BCUT2D eigenvalue weighted by Crippen LogP contribution is 2.25. The Morgan fingerprint density at radius 2 is 2.13 bits per heavy atom. The van der Waals surface area contributed by atoms with Crippen LogP contribution in [0.25, 0.3) is 0 Å². The first-order valence-electron chi connectivity index (χ1n) is 7.87. The van der Waals surface area contributed by atoms with Crippen molar-refractivity contribution in [2.24, 2.45) is 0 Å². The molecule has 0 saturated heterocycles. The Morgan fingerprint density at radius 3 is 2.91 bits per heavy atom. The van der Waals surface area contributed by atoms with E-state index in [4.69, 9.17) is 0 Å². The molecule has 1 aromatic heterocycles. The van der Waals surface area contributed by atoms with Crippen LogP contribution in [0.1, 0.15) is 18.1 Å². The minimum absolute atomic E-state index is 0.0357. The van der Waals surface area contributed by atoms with Gasteiger partial charge in [0.25, 0.3) is 0 Å². The van der Waals surface area contributed by atoms with E-state index < -0.39 is 0 Å². The Balaban J connectivity index is 1.72. The molecule has 0 radical (unpaired) electrons. The van der Waals surface area contributed by atoms with Crippen LogP contribution in [-0.2, 0) is 13.1 Å². The molecule has 120 valence electrons. The van der Waals surface area contributed by atoms with Crippen molar-refractivity contribution in [3.8, 4) is 0 Å². The first kappa shape index (κ1) is 15.3. The molecule has 2 heterocycles. The summed E-state index contributed by atoms with van der Waals surface area (Å²) in [6.45, 7) is 4.03. The number of hydrogen-bond acceptors (Lipinski definition) is 3. The van der Waals surface area contributed by atoms with Gasteiger partial charge in [-0.25, -0.2) is 4.79 Å². The molecule has 0 bridgehead atoms. The summed E-state index contributed by atoms with van der Waals surface area (Å²) in [5.74, 6) is 0. The highest BCUT2D eigenvalue weighted by atomic mass is 16.2. The zero-order valence-corrected chi connectivity index (χ0v) is 13.6. The van der Waals surface area contributed by atoms with E-state index in [1.807, 2.05) is 29.2 Å². The van der Waals surface area contributed by atoms with Crippen LogP contribution in [-0.4, -0.2) is 35.5 Å². The van der Waals surface area contributed by atoms with Crippen LogP contribution in [0.3, 0.4) is 0 Å². The van der Waals surface area contributed by atoms with Crippen molar-refractivity contribution in [3.63, 3.8) is 0 Å². The lowest BCUT2D eigenvalue weighted by Gasteiger charge is -2.28. The minimum Gasteiger partial charge on any atom is -0.372 e. The number of rotatable bonds is 2. The molecule has 2 amide bonds. The zero-order valence-electron chi connectivity index (χ0n) is 13.6. The monoisotopic (exact) mass is 310 g/mol. The van der Waals surface area contributed by atoms with Gasteiger partial charge in [0.05, 0.1) is 0 Å². The first-order chi connectivity index (χ1) is 11.1. The quantitative estimate of drug-likeness (QED) is 0.927. The van der Waals surface area contributed by atoms with Crippen molar-refractivity contribution in [1.82, 2.24) is 15.2 Å². The maximum Gasteiger partial charge on any atom is 0.318 e. The van der Waals surface area contributed by atoms with E-state index in [2.05, 4.69) is 41.3 Å². The topological polar surface area (TPSA) is 48.5 Å². The number of anilines is 1. The number of likely N-dealkylation sites (N-methyl/N-ethyl adjacent to an activating group) is 1. The van der Waals surface area contributed by atoms with Gasteiger partial charge in [-0.15, -0.1) is 0 Å². The normalized spacial score (nSPS) is 17.4. The Labute approximate surface area is 136 Å². The van der Waals surface area contributed by atoms with Crippen LogP contribution in [0, 0.1) is 0 Å². The fraction of sp³-hybridized carbons (Fsp3) is 0.333. The summed E-state index contributed by atoms with van der Waals surface area (Å²) in [7, 11) is 2.08. The van der Waals surface area contributed by atoms with Gasteiger partial charge in [-0.3, -0.25) is 4.98 Å². The number of pyridine rings is 1. The minimum atomic E-state index is -0.0357. The summed E-state index contributed by atoms with van der Waals surface area (Å²) in [6, 6.07) is 12.2. The predicted molar refractivity (Wildman–Crippen MR) is 91.2 cm³/mol. The number of amides is 2. The molecule has 0 fully saturated rings. The van der Waals surface area contributed by atoms with Crippen LogP contribution < -0.4 is 10.2 Å². The van der Waals surface area contributed by atoms with Gasteiger partial charge in [0.15, 0.2) is 0 Å². The van der Waals surface area contributed by atoms with Gasteiger partial charge in [-0.05, 0) is 30.2 Å². The zero-order chi connectivity index (χ0) is 16.2. The van der Waals surface area contributed by atoms with Crippen LogP contribution in [0.15, 0.2) is 48.8 Å². The number of benzene rings is 1. The molecule has 3 rings (SSSR count). The lowest BCUT2D eigenvalue weighted by molar-refractivity contribution is 0.178. The molecule has 1 N–H and O–H groups in total. The summed E-state index contributed by atoms with van der Waals surface area (Å²) < 4.78 is 0. The van der Waals surface area contributed by atoms with E-state index in [-0.39, 0.29) is 12.1 Å². The van der Waals surface area contributed by atoms with E-state index in [1.54, 1.807) is 12.4 Å². The second kappa shape index (κ2) is 6.69. The lowest BCUT2D eigenvalue weighted by atomic mass is 10.1. The molecular formula is C18H22N4O. The molecule has 23 heavy (non-hydrogen) atoms. The number of aromatic nitrogens is 1. The van der Waals surface area contributed by atoms with Crippen molar-refractivity contribution in [1.29, 1.82) is 0 Å². The molecule has 1 unspecified atom stereocenters. The third-order valence-corrected chi connectivity index (χ3v) is 4.24. The Morgan fingerprint density at radius 1 is 1.30 bits per heavy atom. The average Bonchev–Trinajstić information content (AvgIpc) is 2.70. The van der Waals surface area contributed by atoms with Crippen molar-refractivity contribution >= 4 is 11.7 Å². The number of fused-ring (bicyclic) bond motifs is 1. The molecule has 0 saturated carbocycles. The van der Waals surface area contributed by atoms with Gasteiger partial charge in [-0.1, -0.05) is 24.3 Å². The second-order valence-corrected chi connectivity index (χ2v) is 6.01. The number of urea groups is 1. The third kappa shape index (κ3) is 3.44. The van der Waals surface area contributed by atoms with E-state index in [0.717, 1.165) is 12.1 Å². The molecule has 2 aromatic rings. The van der Waals surface area contributed by atoms with Crippen LogP contribution in [0.4, 0.5) is 10.5 Å². The van der Waals surface area contributed by atoms with Gasteiger partial charge in [0.2, 0.25) is 0 Å². The number of nitrogens with zero attached hydrogens (tertiary/aromatic N) is 3. The SMILES string of the molecule is CC1CN(C)c2ccccc2CN1C(=O)NCc1cccnc1. The molecule has 5 nitrogen and oxygen atoms in total. The van der Waals surface area contributed by atoms with E-state index in [9.17, 15) is 4.79 Å². The average molecular weight is 310 g/mol. The van der Waals surface area contributed by atoms with E-state index in [1.165, 1.54) is 11.3 Å². The molecule has 0 spiro atoms. The molecule has 5 heteroatoms. The lowest BCUT2D eigenvalue weighted by Crippen LogP contribution is -2.46. The summed E-state index contributed by atoms with van der Waals surface area (Å²) in [4.78, 5) is 20.8.